The van der Waals surface area contributed by atoms with Crippen LogP contribution in [0.2, 0.25) is 0 Å². The molecule has 8 heteroatoms. The Balaban J connectivity index is 0.00000141. The van der Waals surface area contributed by atoms with Gasteiger partial charge in [-0.2, -0.15) is 13.2 Å². The van der Waals surface area contributed by atoms with Crippen molar-refractivity contribution in [3.8, 4) is 0 Å². The number of benzene rings is 2. The molecule has 2 aromatic carbocycles. The van der Waals surface area contributed by atoms with Crippen molar-refractivity contribution in [3.05, 3.63) is 48.0 Å². The molecule has 0 aliphatic carbocycles. The molecule has 4 rings (SSSR count). The van der Waals surface area contributed by atoms with Gasteiger partial charge >= 0.3 is 6.18 Å². The van der Waals surface area contributed by atoms with Gasteiger partial charge in [-0.3, -0.25) is 4.90 Å². The van der Waals surface area contributed by atoms with E-state index in [1.165, 1.54) is 23.9 Å². The van der Waals surface area contributed by atoms with Gasteiger partial charge in [0.2, 0.25) is 0 Å². The first kappa shape index (κ1) is 24.9. The molecule has 0 atom stereocenters. The Hall–Kier alpha value is -1.74. The first-order valence-electron chi connectivity index (χ1n) is 11.3. The minimum Gasteiger partial charge on any atom is -0.395 e. The van der Waals surface area contributed by atoms with Crippen LogP contribution < -0.4 is 4.90 Å². The van der Waals surface area contributed by atoms with E-state index >= 15 is 0 Å². The summed E-state index contributed by atoms with van der Waals surface area (Å²) in [7, 11) is 0. The molecule has 176 valence electrons. The number of aliphatic hydroxyl groups excluding tert-OH is 1. The third kappa shape index (κ3) is 5.98. The molecular weight excluding hydrogens is 435 g/mol. The Morgan fingerprint density at radius 2 is 1.47 bits per heavy atom. The molecule has 2 aliphatic heterocycles. The summed E-state index contributed by atoms with van der Waals surface area (Å²) in [5.74, 6) is 0. The maximum absolute atomic E-state index is 13.3. The molecular formula is C24H32F3N3OS. The van der Waals surface area contributed by atoms with Crippen LogP contribution in [0.1, 0.15) is 25.8 Å². The number of anilines is 2. The van der Waals surface area contributed by atoms with Gasteiger partial charge in [0, 0.05) is 49.1 Å². The Bertz CT molecular complexity index is 870. The highest BCUT2D eigenvalue weighted by Crippen LogP contribution is 2.49. The summed E-state index contributed by atoms with van der Waals surface area (Å²) < 4.78 is 39.9. The quantitative estimate of drug-likeness (QED) is 0.620. The number of hydrogen-bond acceptors (Lipinski definition) is 5. The second-order valence-electron chi connectivity index (χ2n) is 7.66. The number of piperazine rings is 1. The third-order valence-electron chi connectivity index (χ3n) is 5.69. The van der Waals surface area contributed by atoms with Crippen LogP contribution in [0.3, 0.4) is 0 Å². The van der Waals surface area contributed by atoms with Crippen LogP contribution in [0.5, 0.6) is 0 Å². The number of β-amino-alcohol motifs (C(OH)–C–C–N with tert-alkyl or cyclic N) is 1. The largest absolute Gasteiger partial charge is 0.416 e. The minimum atomic E-state index is -4.35. The highest BCUT2D eigenvalue weighted by atomic mass is 32.2. The van der Waals surface area contributed by atoms with Gasteiger partial charge in [-0.1, -0.05) is 37.7 Å². The maximum Gasteiger partial charge on any atom is 0.416 e. The van der Waals surface area contributed by atoms with Crippen LogP contribution in [-0.4, -0.2) is 67.3 Å². The van der Waals surface area contributed by atoms with Gasteiger partial charge in [0.05, 0.1) is 23.5 Å². The van der Waals surface area contributed by atoms with Gasteiger partial charge in [0.25, 0.3) is 0 Å². The van der Waals surface area contributed by atoms with Gasteiger partial charge in [-0.25, -0.2) is 0 Å². The van der Waals surface area contributed by atoms with Crippen molar-refractivity contribution in [2.45, 2.75) is 36.2 Å². The number of halogens is 3. The van der Waals surface area contributed by atoms with E-state index in [0.717, 1.165) is 54.6 Å². The van der Waals surface area contributed by atoms with E-state index in [9.17, 15) is 13.2 Å². The second kappa shape index (κ2) is 11.4. The number of fused-ring (bicyclic) bond motifs is 2. The van der Waals surface area contributed by atoms with Gasteiger partial charge < -0.3 is 14.9 Å². The molecule has 0 amide bonds. The maximum atomic E-state index is 13.3. The summed E-state index contributed by atoms with van der Waals surface area (Å²) in [5.41, 5.74) is 1.01. The highest BCUT2D eigenvalue weighted by molar-refractivity contribution is 7.99. The molecule has 4 nitrogen and oxygen atoms in total. The van der Waals surface area contributed by atoms with Crippen LogP contribution in [-0.2, 0) is 6.18 Å². The van der Waals surface area contributed by atoms with Crippen molar-refractivity contribution in [1.82, 2.24) is 9.80 Å². The smallest absolute Gasteiger partial charge is 0.395 e. The van der Waals surface area contributed by atoms with E-state index in [4.69, 9.17) is 5.11 Å². The molecule has 0 unspecified atom stereocenters. The van der Waals surface area contributed by atoms with Crippen molar-refractivity contribution in [1.29, 1.82) is 0 Å². The van der Waals surface area contributed by atoms with Crippen molar-refractivity contribution in [3.63, 3.8) is 0 Å². The highest BCUT2D eigenvalue weighted by Gasteiger charge is 2.33. The van der Waals surface area contributed by atoms with Crippen molar-refractivity contribution < 1.29 is 18.3 Å². The predicted octanol–water partition coefficient (Wildman–Crippen LogP) is 5.33. The molecule has 0 spiro atoms. The first-order valence-corrected chi connectivity index (χ1v) is 12.1. The zero-order valence-corrected chi connectivity index (χ0v) is 19.6. The lowest BCUT2D eigenvalue weighted by Gasteiger charge is -2.36. The van der Waals surface area contributed by atoms with Gasteiger partial charge in [0.1, 0.15) is 0 Å². The molecule has 0 radical (unpaired) electrons. The third-order valence-corrected chi connectivity index (χ3v) is 6.82. The van der Waals surface area contributed by atoms with Crippen molar-refractivity contribution in [2.75, 3.05) is 57.3 Å². The minimum absolute atomic E-state index is 0.186. The Labute approximate surface area is 193 Å². The summed E-state index contributed by atoms with van der Waals surface area (Å²) in [4.78, 5) is 8.62. The van der Waals surface area contributed by atoms with E-state index in [0.29, 0.717) is 18.8 Å². The van der Waals surface area contributed by atoms with E-state index in [-0.39, 0.29) is 6.61 Å². The monoisotopic (exact) mass is 467 g/mol. The predicted molar refractivity (Wildman–Crippen MR) is 125 cm³/mol. The topological polar surface area (TPSA) is 30.0 Å². The van der Waals surface area contributed by atoms with Crippen LogP contribution in [0.15, 0.2) is 52.3 Å². The zero-order valence-electron chi connectivity index (χ0n) is 18.7. The standard InChI is InChI=1S/C22H26F3N3OS.C2H6/c23-22(24,25)17-6-7-21-19(16-17)28(18-4-1-2-5-20(18)30-21)9-3-8-26-10-12-27(13-11-26)14-15-29;1-2/h1-2,4-7,16,29H,3,8-15H2;1-2H3. The van der Waals surface area contributed by atoms with Gasteiger partial charge in [0.15, 0.2) is 0 Å². The van der Waals surface area contributed by atoms with Crippen molar-refractivity contribution in [2.24, 2.45) is 0 Å². The average molecular weight is 468 g/mol. The Morgan fingerprint density at radius 1 is 0.844 bits per heavy atom. The van der Waals surface area contributed by atoms with Crippen LogP contribution in [0.4, 0.5) is 24.5 Å². The van der Waals surface area contributed by atoms with Gasteiger partial charge in [-0.05, 0) is 43.3 Å². The van der Waals surface area contributed by atoms with E-state index in [1.54, 1.807) is 6.07 Å². The molecule has 0 aromatic heterocycles. The lowest BCUT2D eigenvalue weighted by molar-refractivity contribution is -0.137. The first-order chi connectivity index (χ1) is 15.5. The van der Waals surface area contributed by atoms with Crippen LogP contribution in [0, 0.1) is 0 Å². The number of rotatable bonds is 6. The fourth-order valence-corrected chi connectivity index (χ4v) is 5.15. The fraction of sp³-hybridized carbons (Fsp3) is 0.500. The summed E-state index contributed by atoms with van der Waals surface area (Å²) in [6.45, 7) is 10.3. The summed E-state index contributed by atoms with van der Waals surface area (Å²) in [6.07, 6.45) is -3.48. The summed E-state index contributed by atoms with van der Waals surface area (Å²) in [5, 5.41) is 9.07. The molecule has 1 N–H and O–H groups in total. The molecule has 0 bridgehead atoms. The number of nitrogens with zero attached hydrogens (tertiary/aromatic N) is 3. The SMILES string of the molecule is CC.OCCN1CCN(CCCN2c3ccccc3Sc3ccc(C(F)(F)F)cc32)CC1. The fourth-order valence-electron chi connectivity index (χ4n) is 4.08. The molecule has 1 saturated heterocycles. The van der Waals surface area contributed by atoms with E-state index < -0.39 is 11.7 Å². The number of hydrogen-bond donors (Lipinski definition) is 1. The van der Waals surface area contributed by atoms with E-state index in [2.05, 4.69) is 9.80 Å². The summed E-state index contributed by atoms with van der Waals surface area (Å²) >= 11 is 1.53. The van der Waals surface area contributed by atoms with E-state index in [1.807, 2.05) is 43.0 Å². The number of aliphatic hydroxyl groups is 1. The lowest BCUT2D eigenvalue weighted by atomic mass is 10.1. The van der Waals surface area contributed by atoms with Crippen LogP contribution >= 0.6 is 11.8 Å². The normalized spacial score (nSPS) is 16.8. The lowest BCUT2D eigenvalue weighted by Crippen LogP contribution is -2.47. The van der Waals surface area contributed by atoms with Gasteiger partial charge in [-0.15, -0.1) is 0 Å². The molecule has 0 saturated carbocycles. The number of para-hydroxylation sites is 1. The van der Waals surface area contributed by atoms with Crippen molar-refractivity contribution >= 4 is 23.1 Å². The zero-order chi connectivity index (χ0) is 23.1. The Kier molecular flexibility index (Phi) is 8.87. The second-order valence-corrected chi connectivity index (χ2v) is 8.75. The molecule has 2 aliphatic rings. The number of alkyl halides is 3. The average Bonchev–Trinajstić information content (AvgIpc) is 2.80. The molecule has 32 heavy (non-hydrogen) atoms. The summed E-state index contributed by atoms with van der Waals surface area (Å²) in [6, 6.07) is 11.9. The Morgan fingerprint density at radius 3 is 2.12 bits per heavy atom. The molecule has 2 heterocycles. The van der Waals surface area contributed by atoms with Crippen LogP contribution in [0.25, 0.3) is 0 Å². The molecule has 1 fully saturated rings. The molecule has 2 aromatic rings.